The Morgan fingerprint density at radius 2 is 1.88 bits per heavy atom. The summed E-state index contributed by atoms with van der Waals surface area (Å²) in [5.74, 6) is -1.14. The molecule has 25 heavy (non-hydrogen) atoms. The Bertz CT molecular complexity index is 779. The number of ether oxygens (including phenoxy) is 1. The number of esters is 1. The van der Waals surface area contributed by atoms with E-state index in [4.69, 9.17) is 10.00 Å². The number of hydrogen-bond donors (Lipinski definition) is 1. The van der Waals surface area contributed by atoms with E-state index in [0.717, 1.165) is 19.3 Å². The second kappa shape index (κ2) is 8.60. The molecule has 0 bridgehead atoms. The summed E-state index contributed by atoms with van der Waals surface area (Å²) in [5, 5.41) is 8.95. The maximum atomic E-state index is 12.2. The second-order valence-corrected chi connectivity index (χ2v) is 7.27. The summed E-state index contributed by atoms with van der Waals surface area (Å²) in [5.41, 5.74) is -0.0244. The minimum absolute atomic E-state index is 0.0244. The largest absolute Gasteiger partial charge is 0.455 e. The summed E-state index contributed by atoms with van der Waals surface area (Å²) in [4.78, 5) is 25.0. The monoisotopic (exact) mass is 365 g/mol. The molecule has 2 rings (SSSR count). The zero-order chi connectivity index (χ0) is 18.3. The molecular formula is C16H19N3O5S. The number of nitrogens with zero attached hydrogens (tertiary/aromatic N) is 2. The van der Waals surface area contributed by atoms with Crippen LogP contribution in [0.5, 0.6) is 0 Å². The number of piperidine rings is 1. The molecule has 1 saturated heterocycles. The maximum absolute atomic E-state index is 12.2. The van der Waals surface area contributed by atoms with Crippen LogP contribution in [0.2, 0.25) is 0 Å². The summed E-state index contributed by atoms with van der Waals surface area (Å²) in [6, 6.07) is 7.43. The van der Waals surface area contributed by atoms with Gasteiger partial charge in [0.2, 0.25) is 10.0 Å². The predicted molar refractivity (Wildman–Crippen MR) is 87.7 cm³/mol. The van der Waals surface area contributed by atoms with Crippen LogP contribution >= 0.6 is 0 Å². The predicted octanol–water partition coefficient (Wildman–Crippen LogP) is 0.392. The molecule has 9 heteroatoms. The average Bonchev–Trinajstić information content (AvgIpc) is 2.65. The zero-order valence-electron chi connectivity index (χ0n) is 13.6. The highest BCUT2D eigenvalue weighted by molar-refractivity contribution is 7.89. The lowest BCUT2D eigenvalue weighted by Crippen LogP contribution is -2.39. The van der Waals surface area contributed by atoms with Gasteiger partial charge in [0, 0.05) is 13.1 Å². The van der Waals surface area contributed by atoms with Crippen molar-refractivity contribution in [2.45, 2.75) is 24.2 Å². The van der Waals surface area contributed by atoms with E-state index in [1.165, 1.54) is 24.3 Å². The van der Waals surface area contributed by atoms with Crippen LogP contribution in [0.25, 0.3) is 0 Å². The molecule has 8 nitrogen and oxygen atoms in total. The molecule has 1 fully saturated rings. The zero-order valence-corrected chi connectivity index (χ0v) is 14.4. The first-order valence-electron chi connectivity index (χ1n) is 7.86. The molecule has 0 unspecified atom stereocenters. The SMILES string of the molecule is N#Cc1ccccc1S(=O)(=O)NCC(=O)OCC(=O)N1CCCCC1. The Labute approximate surface area is 146 Å². The fraction of sp³-hybridized carbons (Fsp3) is 0.438. The molecular weight excluding hydrogens is 346 g/mol. The van der Waals surface area contributed by atoms with Crippen LogP contribution in [0.15, 0.2) is 29.2 Å². The van der Waals surface area contributed by atoms with Crippen LogP contribution in [0.3, 0.4) is 0 Å². The Morgan fingerprint density at radius 1 is 1.20 bits per heavy atom. The van der Waals surface area contributed by atoms with Crippen LogP contribution in [0.4, 0.5) is 0 Å². The van der Waals surface area contributed by atoms with E-state index >= 15 is 0 Å². The molecule has 0 saturated carbocycles. The Kier molecular flexibility index (Phi) is 6.50. The number of carbonyl (C=O) groups excluding carboxylic acids is 2. The quantitative estimate of drug-likeness (QED) is 0.729. The number of nitrogens with one attached hydrogen (secondary N) is 1. The van der Waals surface area contributed by atoms with Gasteiger partial charge in [0.1, 0.15) is 12.6 Å². The number of carbonyl (C=O) groups is 2. The highest BCUT2D eigenvalue weighted by atomic mass is 32.2. The standard InChI is InChI=1S/C16H19N3O5S/c17-10-13-6-2-3-7-14(13)25(22,23)18-11-16(21)24-12-15(20)19-8-4-1-5-9-19/h2-3,6-7,18H,1,4-5,8-9,11-12H2. The molecule has 0 aliphatic carbocycles. The summed E-state index contributed by atoms with van der Waals surface area (Å²) in [7, 11) is -4.03. The summed E-state index contributed by atoms with van der Waals surface area (Å²) >= 11 is 0. The smallest absolute Gasteiger partial charge is 0.321 e. The average molecular weight is 365 g/mol. The van der Waals surface area contributed by atoms with Crippen LogP contribution < -0.4 is 4.72 Å². The lowest BCUT2D eigenvalue weighted by atomic mass is 10.1. The van der Waals surface area contributed by atoms with E-state index in [-0.39, 0.29) is 16.4 Å². The first-order valence-corrected chi connectivity index (χ1v) is 9.34. The third-order valence-corrected chi connectivity index (χ3v) is 5.23. The molecule has 1 N–H and O–H groups in total. The Morgan fingerprint density at radius 3 is 2.56 bits per heavy atom. The minimum atomic E-state index is -4.03. The molecule has 0 spiro atoms. The first kappa shape index (κ1) is 18.9. The van der Waals surface area contributed by atoms with E-state index in [2.05, 4.69) is 4.72 Å². The molecule has 0 radical (unpaired) electrons. The fourth-order valence-corrected chi connectivity index (χ4v) is 3.58. The Balaban J connectivity index is 1.85. The van der Waals surface area contributed by atoms with Crippen LogP contribution in [-0.4, -0.2) is 51.4 Å². The maximum Gasteiger partial charge on any atom is 0.321 e. The van der Waals surface area contributed by atoms with E-state index in [1.54, 1.807) is 11.0 Å². The normalized spacial score (nSPS) is 14.6. The van der Waals surface area contributed by atoms with Crippen molar-refractivity contribution in [2.24, 2.45) is 0 Å². The topological polar surface area (TPSA) is 117 Å². The molecule has 1 heterocycles. The van der Waals surface area contributed by atoms with Gasteiger partial charge in [-0.25, -0.2) is 8.42 Å². The van der Waals surface area contributed by atoms with Crippen molar-refractivity contribution >= 4 is 21.9 Å². The van der Waals surface area contributed by atoms with Crippen LogP contribution in [0, 0.1) is 11.3 Å². The van der Waals surface area contributed by atoms with Crippen molar-refractivity contribution < 1.29 is 22.7 Å². The third-order valence-electron chi connectivity index (χ3n) is 3.77. The molecule has 0 aromatic heterocycles. The van der Waals surface area contributed by atoms with E-state index < -0.39 is 29.1 Å². The lowest BCUT2D eigenvalue weighted by molar-refractivity contribution is -0.151. The second-order valence-electron chi connectivity index (χ2n) is 5.53. The number of sulfonamides is 1. The van der Waals surface area contributed by atoms with Gasteiger partial charge in [-0.1, -0.05) is 12.1 Å². The molecule has 134 valence electrons. The van der Waals surface area contributed by atoms with Gasteiger partial charge in [-0.3, -0.25) is 9.59 Å². The molecule has 1 aromatic carbocycles. The van der Waals surface area contributed by atoms with Gasteiger partial charge in [-0.05, 0) is 31.4 Å². The van der Waals surface area contributed by atoms with Gasteiger partial charge in [0.15, 0.2) is 6.61 Å². The number of amides is 1. The number of benzene rings is 1. The first-order chi connectivity index (χ1) is 11.9. The van der Waals surface area contributed by atoms with Gasteiger partial charge in [0.25, 0.3) is 5.91 Å². The number of likely N-dealkylation sites (tertiary alicyclic amines) is 1. The molecule has 1 amide bonds. The van der Waals surface area contributed by atoms with Crippen LogP contribution in [0.1, 0.15) is 24.8 Å². The number of rotatable bonds is 6. The van der Waals surface area contributed by atoms with Gasteiger partial charge >= 0.3 is 5.97 Å². The highest BCUT2D eigenvalue weighted by Gasteiger charge is 2.21. The summed E-state index contributed by atoms with van der Waals surface area (Å²) in [6.07, 6.45) is 2.94. The van der Waals surface area contributed by atoms with E-state index in [9.17, 15) is 18.0 Å². The third kappa shape index (κ3) is 5.27. The Hall–Kier alpha value is -2.44. The van der Waals surface area contributed by atoms with Gasteiger partial charge in [-0.15, -0.1) is 0 Å². The summed E-state index contributed by atoms with van der Waals surface area (Å²) < 4.78 is 31.2. The van der Waals surface area contributed by atoms with Crippen molar-refractivity contribution in [1.29, 1.82) is 5.26 Å². The van der Waals surface area contributed by atoms with Crippen molar-refractivity contribution in [3.63, 3.8) is 0 Å². The number of nitriles is 1. The highest BCUT2D eigenvalue weighted by Crippen LogP contribution is 2.13. The van der Waals surface area contributed by atoms with Crippen molar-refractivity contribution in [1.82, 2.24) is 9.62 Å². The van der Waals surface area contributed by atoms with Crippen molar-refractivity contribution in [3.8, 4) is 6.07 Å². The molecule has 0 atom stereocenters. The van der Waals surface area contributed by atoms with E-state index in [0.29, 0.717) is 13.1 Å². The van der Waals surface area contributed by atoms with Crippen molar-refractivity contribution in [2.75, 3.05) is 26.2 Å². The molecule has 1 aliphatic rings. The summed E-state index contributed by atoms with van der Waals surface area (Å²) in [6.45, 7) is 0.270. The molecule has 1 aliphatic heterocycles. The number of hydrogen-bond acceptors (Lipinski definition) is 6. The van der Waals surface area contributed by atoms with Gasteiger partial charge in [0.05, 0.1) is 10.5 Å². The van der Waals surface area contributed by atoms with Gasteiger partial charge < -0.3 is 9.64 Å². The minimum Gasteiger partial charge on any atom is -0.455 e. The fourth-order valence-electron chi connectivity index (χ4n) is 2.45. The van der Waals surface area contributed by atoms with Crippen LogP contribution in [-0.2, 0) is 24.3 Å². The molecule has 1 aromatic rings. The van der Waals surface area contributed by atoms with Gasteiger partial charge in [-0.2, -0.15) is 9.98 Å². The van der Waals surface area contributed by atoms with Crippen molar-refractivity contribution in [3.05, 3.63) is 29.8 Å². The van der Waals surface area contributed by atoms with E-state index in [1.807, 2.05) is 0 Å². The lowest BCUT2D eigenvalue weighted by Gasteiger charge is -2.26.